The van der Waals surface area contributed by atoms with Crippen molar-refractivity contribution in [1.29, 1.82) is 0 Å². The number of nitrogens with zero attached hydrogens (tertiary/aromatic N) is 3. The maximum atomic E-state index is 12.8. The number of sulfonamides is 1. The molecule has 1 aliphatic rings. The summed E-state index contributed by atoms with van der Waals surface area (Å²) >= 11 is 0. The number of hydrogen-bond donors (Lipinski definition) is 3. The summed E-state index contributed by atoms with van der Waals surface area (Å²) in [7, 11) is -3.83. The van der Waals surface area contributed by atoms with E-state index >= 15 is 0 Å². The summed E-state index contributed by atoms with van der Waals surface area (Å²) in [5.41, 5.74) is 3.55. The van der Waals surface area contributed by atoms with Crippen molar-refractivity contribution in [3.8, 4) is 16.9 Å². The van der Waals surface area contributed by atoms with Crippen LogP contribution in [0.1, 0.15) is 23.7 Å². The van der Waals surface area contributed by atoms with Crippen LogP contribution >= 0.6 is 0 Å². The summed E-state index contributed by atoms with van der Waals surface area (Å²) in [6.07, 6.45) is 7.34. The molecule has 10 heteroatoms. The fourth-order valence-electron chi connectivity index (χ4n) is 4.21. The molecule has 2 unspecified atom stereocenters. The highest BCUT2D eigenvalue weighted by molar-refractivity contribution is 7.92. The van der Waals surface area contributed by atoms with Gasteiger partial charge in [0, 0.05) is 43.4 Å². The molecule has 0 amide bonds. The number of ether oxygens (including phenoxy) is 1. The van der Waals surface area contributed by atoms with Crippen LogP contribution in [0.5, 0.6) is 5.75 Å². The molecule has 4 aromatic rings. The molecule has 2 aromatic heterocycles. The van der Waals surface area contributed by atoms with Gasteiger partial charge in [0.2, 0.25) is 5.95 Å². The molecule has 2 aromatic carbocycles. The molecular formula is C27H27N5O4S. The SMILES string of the molecule is O=S(=O)(Nc1ncccn1)c1cccc(-c2ccc3c(c2)CCC(CNCC(O)c2cccnc2)O3)c1. The first-order chi connectivity index (χ1) is 18.0. The Morgan fingerprint density at radius 1 is 1.00 bits per heavy atom. The van der Waals surface area contributed by atoms with Crippen LogP contribution in [0, 0.1) is 0 Å². The van der Waals surface area contributed by atoms with E-state index in [9.17, 15) is 13.5 Å². The molecule has 5 rings (SSSR count). The van der Waals surface area contributed by atoms with Crippen LogP contribution in [-0.2, 0) is 16.4 Å². The Morgan fingerprint density at radius 2 is 1.84 bits per heavy atom. The van der Waals surface area contributed by atoms with Gasteiger partial charge >= 0.3 is 0 Å². The van der Waals surface area contributed by atoms with Crippen LogP contribution < -0.4 is 14.8 Å². The summed E-state index contributed by atoms with van der Waals surface area (Å²) in [5, 5.41) is 13.6. The number of aliphatic hydroxyl groups excluding tert-OH is 1. The minimum absolute atomic E-state index is 0.000742. The normalized spacial score (nSPS) is 15.9. The van der Waals surface area contributed by atoms with E-state index in [1.807, 2.05) is 30.3 Å². The highest BCUT2D eigenvalue weighted by atomic mass is 32.2. The Balaban J connectivity index is 1.22. The van der Waals surface area contributed by atoms with Crippen molar-refractivity contribution in [3.63, 3.8) is 0 Å². The van der Waals surface area contributed by atoms with Gasteiger partial charge in [0.1, 0.15) is 11.9 Å². The number of pyridine rings is 1. The van der Waals surface area contributed by atoms with Crippen LogP contribution in [0.25, 0.3) is 11.1 Å². The largest absolute Gasteiger partial charge is 0.489 e. The standard InChI is InChI=1S/C27H27N5O4S/c33-25(22-5-2-11-28-16-22)18-29-17-23-9-7-21-14-20(8-10-26(21)36-23)19-4-1-6-24(15-19)37(34,35)32-27-30-12-3-13-31-27/h1-6,8,10-16,23,25,29,33H,7,9,17-18H2,(H,30,31,32). The third kappa shape index (κ3) is 6.11. The molecule has 0 saturated carbocycles. The number of aliphatic hydroxyl groups is 1. The zero-order valence-electron chi connectivity index (χ0n) is 20.0. The van der Waals surface area contributed by atoms with E-state index in [0.717, 1.165) is 40.8 Å². The lowest BCUT2D eigenvalue weighted by atomic mass is 9.97. The van der Waals surface area contributed by atoms with Crippen LogP contribution in [0.3, 0.4) is 0 Å². The number of aromatic nitrogens is 3. The minimum atomic E-state index is -3.83. The molecule has 0 spiro atoms. The molecule has 37 heavy (non-hydrogen) atoms. The Morgan fingerprint density at radius 3 is 2.65 bits per heavy atom. The number of aryl methyl sites for hydroxylation is 1. The van der Waals surface area contributed by atoms with Crippen molar-refractivity contribution in [3.05, 3.63) is 96.6 Å². The van der Waals surface area contributed by atoms with Crippen molar-refractivity contribution in [2.75, 3.05) is 17.8 Å². The predicted molar refractivity (Wildman–Crippen MR) is 140 cm³/mol. The van der Waals surface area contributed by atoms with Crippen molar-refractivity contribution in [2.24, 2.45) is 0 Å². The van der Waals surface area contributed by atoms with Crippen LogP contribution in [0.15, 0.2) is 90.3 Å². The molecule has 0 fully saturated rings. The van der Waals surface area contributed by atoms with Crippen molar-refractivity contribution in [2.45, 2.75) is 29.9 Å². The first-order valence-electron chi connectivity index (χ1n) is 12.0. The number of rotatable bonds is 9. The summed E-state index contributed by atoms with van der Waals surface area (Å²) in [4.78, 5) is 12.0. The molecule has 2 atom stereocenters. The Bertz CT molecular complexity index is 1450. The van der Waals surface area contributed by atoms with E-state index in [2.05, 4.69) is 25.0 Å². The van der Waals surface area contributed by atoms with Gasteiger partial charge in [0.25, 0.3) is 10.0 Å². The summed E-state index contributed by atoms with van der Waals surface area (Å²) in [6, 6.07) is 17.9. The van der Waals surface area contributed by atoms with E-state index in [4.69, 9.17) is 4.74 Å². The highest BCUT2D eigenvalue weighted by Gasteiger charge is 2.21. The van der Waals surface area contributed by atoms with Gasteiger partial charge in [-0.2, -0.15) is 0 Å². The Labute approximate surface area is 215 Å². The van der Waals surface area contributed by atoms with Crippen molar-refractivity contribution in [1.82, 2.24) is 20.3 Å². The number of hydrogen-bond acceptors (Lipinski definition) is 8. The van der Waals surface area contributed by atoms with Crippen LogP contribution in [-0.4, -0.2) is 47.7 Å². The smallest absolute Gasteiger partial charge is 0.264 e. The van der Waals surface area contributed by atoms with Gasteiger partial charge in [0.05, 0.1) is 11.0 Å². The van der Waals surface area contributed by atoms with E-state index in [1.54, 1.807) is 42.7 Å². The number of fused-ring (bicyclic) bond motifs is 1. The number of benzene rings is 2. The average Bonchev–Trinajstić information content (AvgIpc) is 2.93. The summed E-state index contributed by atoms with van der Waals surface area (Å²) in [6.45, 7) is 1.04. The van der Waals surface area contributed by atoms with Crippen LogP contribution in [0.4, 0.5) is 5.95 Å². The third-order valence-electron chi connectivity index (χ3n) is 6.14. The third-order valence-corrected chi connectivity index (χ3v) is 7.46. The van der Waals surface area contributed by atoms with Crippen molar-refractivity contribution >= 4 is 16.0 Å². The van der Waals surface area contributed by atoms with Crippen LogP contribution in [0.2, 0.25) is 0 Å². The fraction of sp³-hybridized carbons (Fsp3) is 0.222. The highest BCUT2D eigenvalue weighted by Crippen LogP contribution is 2.33. The second kappa shape index (κ2) is 11.0. The molecule has 3 heterocycles. The van der Waals surface area contributed by atoms with E-state index in [0.29, 0.717) is 13.1 Å². The molecular weight excluding hydrogens is 490 g/mol. The predicted octanol–water partition coefficient (Wildman–Crippen LogP) is 3.36. The lowest BCUT2D eigenvalue weighted by Crippen LogP contribution is -2.36. The number of nitrogens with one attached hydrogen (secondary N) is 2. The minimum Gasteiger partial charge on any atom is -0.489 e. The summed E-state index contributed by atoms with van der Waals surface area (Å²) in [5.74, 6) is 0.843. The quantitative estimate of drug-likeness (QED) is 0.309. The second-order valence-corrected chi connectivity index (χ2v) is 10.4. The maximum Gasteiger partial charge on any atom is 0.264 e. The molecule has 1 aliphatic heterocycles. The molecule has 9 nitrogen and oxygen atoms in total. The first-order valence-corrected chi connectivity index (χ1v) is 13.4. The fourth-order valence-corrected chi connectivity index (χ4v) is 5.22. The van der Waals surface area contributed by atoms with Gasteiger partial charge in [0.15, 0.2) is 0 Å². The monoisotopic (exact) mass is 517 g/mol. The van der Waals surface area contributed by atoms with E-state index < -0.39 is 16.1 Å². The van der Waals surface area contributed by atoms with Gasteiger partial charge < -0.3 is 15.2 Å². The maximum absolute atomic E-state index is 12.8. The molecule has 0 bridgehead atoms. The molecule has 190 valence electrons. The number of anilines is 1. The van der Waals surface area contributed by atoms with E-state index in [1.165, 1.54) is 12.4 Å². The average molecular weight is 518 g/mol. The summed E-state index contributed by atoms with van der Waals surface area (Å²) < 4.78 is 34.2. The zero-order chi connectivity index (χ0) is 25.7. The first kappa shape index (κ1) is 24.8. The van der Waals surface area contributed by atoms with E-state index in [-0.39, 0.29) is 16.9 Å². The molecule has 0 aliphatic carbocycles. The van der Waals surface area contributed by atoms with Gasteiger partial charge in [-0.3, -0.25) is 4.98 Å². The van der Waals surface area contributed by atoms with Gasteiger partial charge in [-0.1, -0.05) is 24.3 Å². The molecule has 0 radical (unpaired) electrons. The van der Waals surface area contributed by atoms with Crippen molar-refractivity contribution < 1.29 is 18.3 Å². The topological polar surface area (TPSA) is 126 Å². The molecule has 3 N–H and O–H groups in total. The van der Waals surface area contributed by atoms with Gasteiger partial charge in [-0.15, -0.1) is 0 Å². The van der Waals surface area contributed by atoms with Gasteiger partial charge in [-0.05, 0) is 65.9 Å². The lowest BCUT2D eigenvalue weighted by Gasteiger charge is -2.27. The Kier molecular flexibility index (Phi) is 7.40. The zero-order valence-corrected chi connectivity index (χ0v) is 20.8. The Hall–Kier alpha value is -3.86. The second-order valence-electron chi connectivity index (χ2n) is 8.77. The van der Waals surface area contributed by atoms with Gasteiger partial charge in [-0.25, -0.2) is 23.1 Å². The lowest BCUT2D eigenvalue weighted by molar-refractivity contribution is 0.146. The molecule has 0 saturated heterocycles.